The molecule has 1 N–H and O–H groups in total. The summed E-state index contributed by atoms with van der Waals surface area (Å²) in [5, 5.41) is 2.21. The second-order valence-corrected chi connectivity index (χ2v) is 8.32. The number of carbonyl (C=O) groups excluding carboxylic acids is 3. The van der Waals surface area contributed by atoms with Crippen molar-refractivity contribution in [3.8, 4) is 0 Å². The third kappa shape index (κ3) is 6.48. The van der Waals surface area contributed by atoms with Crippen LogP contribution < -0.4 is 10.2 Å². The number of benzene rings is 2. The van der Waals surface area contributed by atoms with E-state index in [1.807, 2.05) is 7.05 Å². The van der Waals surface area contributed by atoms with Crippen LogP contribution in [-0.2, 0) is 11.3 Å². The summed E-state index contributed by atoms with van der Waals surface area (Å²) in [7, 11) is 1.97. The van der Waals surface area contributed by atoms with Crippen molar-refractivity contribution in [2.45, 2.75) is 13.0 Å². The molecule has 1 aliphatic heterocycles. The second kappa shape index (κ2) is 11.3. The van der Waals surface area contributed by atoms with Crippen LogP contribution in [0.5, 0.6) is 0 Å². The maximum atomic E-state index is 14.9. The number of carbonyl (C=O) groups is 3. The van der Waals surface area contributed by atoms with Crippen molar-refractivity contribution in [3.63, 3.8) is 0 Å². The van der Waals surface area contributed by atoms with Crippen molar-refractivity contribution in [1.29, 1.82) is 0 Å². The first-order chi connectivity index (χ1) is 16.2. The number of rotatable bonds is 7. The number of anilines is 1. The van der Waals surface area contributed by atoms with Gasteiger partial charge in [0, 0.05) is 48.0 Å². The SMILES string of the molecule is CN1CCN(C(=O)N(Cc2ccc(C(=O)CNC(=O)C(F)F)cc2F)c2cccc(Cl)c2)CC1. The number of nitrogens with zero attached hydrogens (tertiary/aromatic N) is 3. The molecule has 2 aromatic rings. The lowest BCUT2D eigenvalue weighted by Gasteiger charge is -2.36. The van der Waals surface area contributed by atoms with Gasteiger partial charge in [0.15, 0.2) is 5.78 Å². The zero-order valence-corrected chi connectivity index (χ0v) is 19.2. The number of hydrogen-bond acceptors (Lipinski definition) is 4. The summed E-state index contributed by atoms with van der Waals surface area (Å²) in [5.41, 5.74) is 0.553. The number of urea groups is 1. The van der Waals surface area contributed by atoms with E-state index in [0.29, 0.717) is 36.9 Å². The molecular formula is C23H24ClF3N4O3. The Morgan fingerprint density at radius 2 is 1.79 bits per heavy atom. The minimum atomic E-state index is -3.25. The molecule has 0 aromatic heterocycles. The number of Topliss-reactive ketones (excluding diaryl/α,β-unsaturated/α-hetero) is 1. The summed E-state index contributed by atoms with van der Waals surface area (Å²) in [4.78, 5) is 41.6. The van der Waals surface area contributed by atoms with Gasteiger partial charge < -0.3 is 15.1 Å². The van der Waals surface area contributed by atoms with E-state index in [1.165, 1.54) is 17.0 Å². The van der Waals surface area contributed by atoms with E-state index in [4.69, 9.17) is 11.6 Å². The molecule has 34 heavy (non-hydrogen) atoms. The number of ketones is 1. The van der Waals surface area contributed by atoms with E-state index in [-0.39, 0.29) is 23.7 Å². The molecule has 7 nitrogen and oxygen atoms in total. The summed E-state index contributed by atoms with van der Waals surface area (Å²) < 4.78 is 39.5. The van der Waals surface area contributed by atoms with Gasteiger partial charge in [-0.1, -0.05) is 29.8 Å². The van der Waals surface area contributed by atoms with E-state index in [2.05, 4.69) is 4.90 Å². The topological polar surface area (TPSA) is 73.0 Å². The normalized spacial score (nSPS) is 14.2. The molecule has 0 aliphatic carbocycles. The molecule has 0 unspecified atom stereocenters. The Labute approximate surface area is 200 Å². The number of likely N-dealkylation sites (N-methyl/N-ethyl adjacent to an activating group) is 1. The van der Waals surface area contributed by atoms with Crippen LogP contribution in [0.4, 0.5) is 23.7 Å². The standard InChI is InChI=1S/C23H24ClF3N4O3/c1-29-7-9-30(10-8-29)23(34)31(18-4-2-3-17(24)12-18)14-16-6-5-15(11-19(16)25)20(32)13-28-22(33)21(26)27/h2-6,11-12,21H,7-10,13-14H2,1H3,(H,28,33). The van der Waals surface area contributed by atoms with Crippen molar-refractivity contribution in [1.82, 2.24) is 15.1 Å². The molecule has 1 aliphatic rings. The average molecular weight is 497 g/mol. The fourth-order valence-corrected chi connectivity index (χ4v) is 3.63. The Bertz CT molecular complexity index is 1060. The Morgan fingerprint density at radius 1 is 1.09 bits per heavy atom. The fraction of sp³-hybridized carbons (Fsp3) is 0.348. The van der Waals surface area contributed by atoms with Crippen LogP contribution in [0, 0.1) is 5.82 Å². The molecule has 0 atom stereocenters. The van der Waals surface area contributed by atoms with Gasteiger partial charge in [0.05, 0.1) is 13.1 Å². The van der Waals surface area contributed by atoms with Crippen molar-refractivity contribution < 1.29 is 27.6 Å². The van der Waals surface area contributed by atoms with Crippen LogP contribution in [0.25, 0.3) is 0 Å². The summed E-state index contributed by atoms with van der Waals surface area (Å²) in [6.07, 6.45) is -3.25. The van der Waals surface area contributed by atoms with Gasteiger partial charge in [0.2, 0.25) is 0 Å². The monoisotopic (exact) mass is 496 g/mol. The van der Waals surface area contributed by atoms with Crippen LogP contribution in [-0.4, -0.2) is 73.7 Å². The Kier molecular flexibility index (Phi) is 8.51. The highest BCUT2D eigenvalue weighted by Crippen LogP contribution is 2.24. The third-order valence-corrected chi connectivity index (χ3v) is 5.68. The van der Waals surface area contributed by atoms with Crippen molar-refractivity contribution in [2.24, 2.45) is 0 Å². The molecule has 182 valence electrons. The van der Waals surface area contributed by atoms with Gasteiger partial charge in [0.1, 0.15) is 5.82 Å². The number of halogens is 4. The molecule has 0 saturated carbocycles. The van der Waals surface area contributed by atoms with Gasteiger partial charge in [0.25, 0.3) is 5.91 Å². The first-order valence-corrected chi connectivity index (χ1v) is 10.9. The van der Waals surface area contributed by atoms with Crippen LogP contribution in [0.2, 0.25) is 5.02 Å². The first kappa shape index (κ1) is 25.5. The van der Waals surface area contributed by atoms with Crippen molar-refractivity contribution >= 4 is 35.0 Å². The average Bonchev–Trinajstić information content (AvgIpc) is 2.81. The molecule has 2 aromatic carbocycles. The van der Waals surface area contributed by atoms with Crippen LogP contribution in [0.1, 0.15) is 15.9 Å². The Hall–Kier alpha value is -3.11. The fourth-order valence-electron chi connectivity index (χ4n) is 3.45. The maximum Gasteiger partial charge on any atom is 0.324 e. The van der Waals surface area contributed by atoms with Gasteiger partial charge in [-0.3, -0.25) is 14.5 Å². The van der Waals surface area contributed by atoms with Gasteiger partial charge in [-0.2, -0.15) is 8.78 Å². The molecule has 11 heteroatoms. The van der Waals surface area contributed by atoms with Crippen molar-refractivity contribution in [2.75, 3.05) is 44.7 Å². The summed E-state index contributed by atoms with van der Waals surface area (Å²) in [6, 6.07) is 9.99. The van der Waals surface area contributed by atoms with E-state index < -0.39 is 30.5 Å². The molecule has 0 bridgehead atoms. The Balaban J connectivity index is 1.80. The molecule has 1 fully saturated rings. The molecule has 1 saturated heterocycles. The smallest absolute Gasteiger partial charge is 0.324 e. The van der Waals surface area contributed by atoms with Crippen LogP contribution in [0.15, 0.2) is 42.5 Å². The molecule has 3 amide bonds. The van der Waals surface area contributed by atoms with Crippen molar-refractivity contribution in [3.05, 3.63) is 64.4 Å². The van der Waals surface area contributed by atoms with Gasteiger partial charge in [-0.15, -0.1) is 0 Å². The van der Waals surface area contributed by atoms with E-state index in [9.17, 15) is 27.6 Å². The lowest BCUT2D eigenvalue weighted by molar-refractivity contribution is -0.131. The zero-order valence-electron chi connectivity index (χ0n) is 18.4. The largest absolute Gasteiger partial charge is 0.344 e. The lowest BCUT2D eigenvalue weighted by Crippen LogP contribution is -2.52. The van der Waals surface area contributed by atoms with E-state index in [1.54, 1.807) is 34.5 Å². The van der Waals surface area contributed by atoms with E-state index >= 15 is 0 Å². The number of amides is 3. The molecule has 0 radical (unpaired) electrons. The van der Waals surface area contributed by atoms with Gasteiger partial charge >= 0.3 is 12.5 Å². The van der Waals surface area contributed by atoms with Gasteiger partial charge in [-0.05, 0) is 31.3 Å². The number of nitrogens with one attached hydrogen (secondary N) is 1. The number of hydrogen-bond donors (Lipinski definition) is 1. The predicted octanol–water partition coefficient (Wildman–Crippen LogP) is 3.42. The predicted molar refractivity (Wildman–Crippen MR) is 122 cm³/mol. The highest BCUT2D eigenvalue weighted by Gasteiger charge is 2.26. The third-order valence-electron chi connectivity index (χ3n) is 5.45. The first-order valence-electron chi connectivity index (χ1n) is 10.5. The molecular weight excluding hydrogens is 473 g/mol. The number of alkyl halides is 2. The highest BCUT2D eigenvalue weighted by molar-refractivity contribution is 6.30. The lowest BCUT2D eigenvalue weighted by atomic mass is 10.1. The van der Waals surface area contributed by atoms with Gasteiger partial charge in [-0.25, -0.2) is 9.18 Å². The number of piperazine rings is 1. The molecule has 1 heterocycles. The second-order valence-electron chi connectivity index (χ2n) is 7.89. The Morgan fingerprint density at radius 3 is 2.41 bits per heavy atom. The minimum Gasteiger partial charge on any atom is -0.344 e. The summed E-state index contributed by atoms with van der Waals surface area (Å²) >= 11 is 6.11. The maximum absolute atomic E-state index is 14.9. The zero-order chi connectivity index (χ0) is 24.8. The quantitative estimate of drug-likeness (QED) is 0.596. The molecule has 0 spiro atoms. The van der Waals surface area contributed by atoms with E-state index in [0.717, 1.165) is 6.07 Å². The summed E-state index contributed by atoms with van der Waals surface area (Å²) in [6.45, 7) is 1.66. The molecule has 3 rings (SSSR count). The minimum absolute atomic E-state index is 0.0875. The van der Waals surface area contributed by atoms with Crippen LogP contribution in [0.3, 0.4) is 0 Å². The highest BCUT2D eigenvalue weighted by atomic mass is 35.5. The van der Waals surface area contributed by atoms with Crippen LogP contribution >= 0.6 is 11.6 Å². The summed E-state index contributed by atoms with van der Waals surface area (Å²) in [5.74, 6) is -3.05.